The molecule has 1 rings (SSSR count). The monoisotopic (exact) mass is 183 g/mol. The first-order chi connectivity index (χ1) is 5.38. The molecule has 1 heterocycles. The average Bonchev–Trinajstić information content (AvgIpc) is 2.06. The summed E-state index contributed by atoms with van der Waals surface area (Å²) in [5, 5.41) is 11.1. The van der Waals surface area contributed by atoms with Gasteiger partial charge in [-0.15, -0.1) is 11.8 Å². The van der Waals surface area contributed by atoms with Crippen LogP contribution in [0.2, 0.25) is 0 Å². The predicted molar refractivity (Wildman–Crippen MR) is 45.3 cm³/mol. The molecular weight excluding hydrogens is 178 g/mol. The van der Waals surface area contributed by atoms with Crippen molar-refractivity contribution in [2.45, 2.75) is 9.92 Å². The standard InChI is InChI=1S/C6H5N3S2/c1-10-5-2-8-4-9-6(5)11-3-7/h2,4H,1H3. The lowest BCUT2D eigenvalue weighted by molar-refractivity contribution is 0.965. The highest BCUT2D eigenvalue weighted by molar-refractivity contribution is 8.05. The van der Waals surface area contributed by atoms with E-state index in [1.165, 1.54) is 18.1 Å². The highest BCUT2D eigenvalue weighted by Gasteiger charge is 2.01. The Morgan fingerprint density at radius 3 is 3.09 bits per heavy atom. The molecule has 3 nitrogen and oxygen atoms in total. The van der Waals surface area contributed by atoms with Crippen LogP contribution in [-0.2, 0) is 0 Å². The fourth-order valence-corrected chi connectivity index (χ4v) is 1.67. The molecule has 0 saturated heterocycles. The van der Waals surface area contributed by atoms with Crippen LogP contribution in [0.1, 0.15) is 0 Å². The molecule has 0 aromatic carbocycles. The van der Waals surface area contributed by atoms with E-state index < -0.39 is 0 Å². The molecule has 1 aromatic heterocycles. The van der Waals surface area contributed by atoms with Gasteiger partial charge in [-0.25, -0.2) is 9.97 Å². The highest BCUT2D eigenvalue weighted by atomic mass is 32.2. The number of hydrogen-bond acceptors (Lipinski definition) is 5. The molecule has 56 valence electrons. The van der Waals surface area contributed by atoms with Gasteiger partial charge in [0.15, 0.2) is 0 Å². The lowest BCUT2D eigenvalue weighted by Gasteiger charge is -1.97. The van der Waals surface area contributed by atoms with E-state index in [-0.39, 0.29) is 0 Å². The van der Waals surface area contributed by atoms with Crippen molar-refractivity contribution >= 4 is 23.5 Å². The summed E-state index contributed by atoms with van der Waals surface area (Å²) >= 11 is 2.60. The van der Waals surface area contributed by atoms with E-state index in [1.807, 2.05) is 11.7 Å². The largest absolute Gasteiger partial charge is 0.244 e. The molecule has 0 bridgehead atoms. The number of thioether (sulfide) groups is 2. The quantitative estimate of drug-likeness (QED) is 0.397. The fraction of sp³-hybridized carbons (Fsp3) is 0.167. The summed E-state index contributed by atoms with van der Waals surface area (Å²) in [5.41, 5.74) is 0. The Balaban J connectivity index is 2.94. The van der Waals surface area contributed by atoms with Crippen LogP contribution in [0.3, 0.4) is 0 Å². The summed E-state index contributed by atoms with van der Waals surface area (Å²) < 4.78 is 0. The third kappa shape index (κ3) is 2.10. The van der Waals surface area contributed by atoms with Crippen LogP contribution < -0.4 is 0 Å². The summed E-state index contributed by atoms with van der Waals surface area (Å²) in [4.78, 5) is 8.74. The zero-order valence-electron chi connectivity index (χ0n) is 5.81. The first-order valence-electron chi connectivity index (χ1n) is 2.78. The molecule has 0 spiro atoms. The Morgan fingerprint density at radius 2 is 2.45 bits per heavy atom. The van der Waals surface area contributed by atoms with Crippen LogP contribution in [0.15, 0.2) is 22.4 Å². The minimum atomic E-state index is 0.731. The maximum atomic E-state index is 8.38. The molecule has 0 aliphatic rings. The maximum Gasteiger partial charge on any atom is 0.140 e. The van der Waals surface area contributed by atoms with Crippen molar-refractivity contribution in [1.29, 1.82) is 5.26 Å². The summed E-state index contributed by atoms with van der Waals surface area (Å²) in [7, 11) is 0. The van der Waals surface area contributed by atoms with Crippen molar-refractivity contribution in [2.75, 3.05) is 6.26 Å². The second kappa shape index (κ2) is 4.21. The van der Waals surface area contributed by atoms with E-state index in [1.54, 1.807) is 6.20 Å². The molecule has 1 aromatic rings. The molecule has 5 heteroatoms. The zero-order valence-corrected chi connectivity index (χ0v) is 7.45. The SMILES string of the molecule is CSc1cncnc1SC#N. The van der Waals surface area contributed by atoms with Crippen molar-refractivity contribution in [3.8, 4) is 5.40 Å². The number of nitrogens with zero attached hydrogens (tertiary/aromatic N) is 3. The highest BCUT2D eigenvalue weighted by Crippen LogP contribution is 2.24. The minimum absolute atomic E-state index is 0.731. The van der Waals surface area contributed by atoms with E-state index >= 15 is 0 Å². The molecule has 0 amide bonds. The van der Waals surface area contributed by atoms with Crippen LogP contribution >= 0.6 is 23.5 Å². The second-order valence-electron chi connectivity index (χ2n) is 1.59. The van der Waals surface area contributed by atoms with Crippen LogP contribution in [0.25, 0.3) is 0 Å². The molecule has 0 unspecified atom stereocenters. The summed E-state index contributed by atoms with van der Waals surface area (Å²) in [5.74, 6) is 0. The third-order valence-electron chi connectivity index (χ3n) is 1.01. The first kappa shape index (κ1) is 8.37. The van der Waals surface area contributed by atoms with Gasteiger partial charge in [-0.2, -0.15) is 5.26 Å². The van der Waals surface area contributed by atoms with Gasteiger partial charge in [0.1, 0.15) is 16.8 Å². The van der Waals surface area contributed by atoms with Crippen LogP contribution in [0.4, 0.5) is 0 Å². The van der Waals surface area contributed by atoms with Gasteiger partial charge in [0.2, 0.25) is 0 Å². The Morgan fingerprint density at radius 1 is 1.64 bits per heavy atom. The summed E-state index contributed by atoms with van der Waals surface area (Å²) in [6.07, 6.45) is 5.08. The molecule has 0 N–H and O–H groups in total. The van der Waals surface area contributed by atoms with Gasteiger partial charge in [-0.1, -0.05) is 0 Å². The molecule has 11 heavy (non-hydrogen) atoms. The van der Waals surface area contributed by atoms with Crippen LogP contribution in [0, 0.1) is 10.7 Å². The first-order valence-corrected chi connectivity index (χ1v) is 4.82. The molecule has 0 atom stereocenters. The maximum absolute atomic E-state index is 8.38. The smallest absolute Gasteiger partial charge is 0.140 e. The van der Waals surface area contributed by atoms with Crippen molar-refractivity contribution in [1.82, 2.24) is 9.97 Å². The molecule has 0 radical (unpaired) electrons. The zero-order chi connectivity index (χ0) is 8.10. The Labute approximate surface area is 73.2 Å². The van der Waals surface area contributed by atoms with Crippen molar-refractivity contribution in [2.24, 2.45) is 0 Å². The average molecular weight is 183 g/mol. The van der Waals surface area contributed by atoms with Crippen molar-refractivity contribution in [3.05, 3.63) is 12.5 Å². The molecule has 0 fully saturated rings. The Kier molecular flexibility index (Phi) is 3.20. The van der Waals surface area contributed by atoms with E-state index in [9.17, 15) is 0 Å². The molecule has 0 saturated carbocycles. The lowest BCUT2D eigenvalue weighted by Crippen LogP contribution is -1.83. The van der Waals surface area contributed by atoms with Gasteiger partial charge < -0.3 is 0 Å². The number of hydrogen-bond donors (Lipinski definition) is 0. The third-order valence-corrected chi connectivity index (χ3v) is 2.48. The molecule has 0 aliphatic carbocycles. The van der Waals surface area contributed by atoms with E-state index in [0.29, 0.717) is 0 Å². The van der Waals surface area contributed by atoms with E-state index in [4.69, 9.17) is 5.26 Å². The van der Waals surface area contributed by atoms with E-state index in [2.05, 4.69) is 9.97 Å². The summed E-state index contributed by atoms with van der Waals surface area (Å²) in [6.45, 7) is 0. The number of thiocyanates is 1. The van der Waals surface area contributed by atoms with Gasteiger partial charge in [-0.3, -0.25) is 0 Å². The fourth-order valence-electron chi connectivity index (χ4n) is 0.566. The topological polar surface area (TPSA) is 49.6 Å². The van der Waals surface area contributed by atoms with Crippen LogP contribution in [0.5, 0.6) is 0 Å². The molecular formula is C6H5N3S2. The Hall–Kier alpha value is -0.730. The predicted octanol–water partition coefficient (Wildman–Crippen LogP) is 1.77. The van der Waals surface area contributed by atoms with Crippen molar-refractivity contribution < 1.29 is 0 Å². The number of rotatable bonds is 2. The van der Waals surface area contributed by atoms with Crippen LogP contribution in [-0.4, -0.2) is 16.2 Å². The number of nitriles is 1. The van der Waals surface area contributed by atoms with Gasteiger partial charge in [0.05, 0.1) is 4.90 Å². The van der Waals surface area contributed by atoms with E-state index in [0.717, 1.165) is 21.7 Å². The van der Waals surface area contributed by atoms with Gasteiger partial charge >= 0.3 is 0 Å². The van der Waals surface area contributed by atoms with Gasteiger partial charge in [-0.05, 0) is 6.26 Å². The van der Waals surface area contributed by atoms with Crippen molar-refractivity contribution in [3.63, 3.8) is 0 Å². The normalized spacial score (nSPS) is 9.09. The second-order valence-corrected chi connectivity index (χ2v) is 3.21. The number of aromatic nitrogens is 2. The molecule has 0 aliphatic heterocycles. The van der Waals surface area contributed by atoms with Gasteiger partial charge in [0.25, 0.3) is 0 Å². The van der Waals surface area contributed by atoms with Gasteiger partial charge in [0, 0.05) is 18.0 Å². The minimum Gasteiger partial charge on any atom is -0.244 e. The summed E-state index contributed by atoms with van der Waals surface area (Å²) in [6, 6.07) is 0. The lowest BCUT2D eigenvalue weighted by atomic mass is 10.7. The Bertz CT molecular complexity index is 281.